The van der Waals surface area contributed by atoms with E-state index >= 15 is 0 Å². The first-order valence-corrected chi connectivity index (χ1v) is 9.49. The van der Waals surface area contributed by atoms with Gasteiger partial charge in [0.25, 0.3) is 10.0 Å². The van der Waals surface area contributed by atoms with Gasteiger partial charge in [0.15, 0.2) is 5.13 Å². The summed E-state index contributed by atoms with van der Waals surface area (Å²) in [5.41, 5.74) is 1.34. The first-order chi connectivity index (χ1) is 11.4. The SMILES string of the molecule is CCOC(=O)Cc1csc(NS(=O)(=O)c2ccc(C)cc2OC)n1. The maximum Gasteiger partial charge on any atom is 0.311 e. The van der Waals surface area contributed by atoms with Crippen molar-refractivity contribution in [2.75, 3.05) is 18.4 Å². The lowest BCUT2D eigenvalue weighted by atomic mass is 10.2. The number of carbonyl (C=O) groups is 1. The van der Waals surface area contributed by atoms with Gasteiger partial charge < -0.3 is 9.47 Å². The molecule has 2 aromatic rings. The van der Waals surface area contributed by atoms with Crippen LogP contribution >= 0.6 is 11.3 Å². The number of anilines is 1. The first-order valence-electron chi connectivity index (χ1n) is 7.13. The largest absolute Gasteiger partial charge is 0.495 e. The zero-order valence-electron chi connectivity index (χ0n) is 13.5. The summed E-state index contributed by atoms with van der Waals surface area (Å²) in [7, 11) is -2.43. The van der Waals surface area contributed by atoms with Gasteiger partial charge in [0, 0.05) is 5.38 Å². The minimum absolute atomic E-state index is 0.0000789. The van der Waals surface area contributed by atoms with E-state index in [-0.39, 0.29) is 28.8 Å². The third-order valence-corrected chi connectivity index (χ3v) is 5.33. The van der Waals surface area contributed by atoms with Crippen molar-refractivity contribution in [3.05, 3.63) is 34.8 Å². The predicted molar refractivity (Wildman–Crippen MR) is 91.0 cm³/mol. The van der Waals surface area contributed by atoms with Crippen LogP contribution in [0.25, 0.3) is 0 Å². The highest BCUT2D eigenvalue weighted by molar-refractivity contribution is 7.93. The highest BCUT2D eigenvalue weighted by Crippen LogP contribution is 2.27. The minimum atomic E-state index is -3.84. The molecule has 24 heavy (non-hydrogen) atoms. The molecular weight excluding hydrogens is 352 g/mol. The van der Waals surface area contributed by atoms with Gasteiger partial charge in [0.1, 0.15) is 10.6 Å². The maximum atomic E-state index is 12.5. The van der Waals surface area contributed by atoms with Crippen LogP contribution in [-0.4, -0.2) is 33.1 Å². The van der Waals surface area contributed by atoms with Gasteiger partial charge in [-0.15, -0.1) is 11.3 Å². The van der Waals surface area contributed by atoms with E-state index in [1.54, 1.807) is 24.4 Å². The summed E-state index contributed by atoms with van der Waals surface area (Å²) in [4.78, 5) is 15.6. The lowest BCUT2D eigenvalue weighted by molar-refractivity contribution is -0.142. The van der Waals surface area contributed by atoms with Crippen LogP contribution in [0.15, 0.2) is 28.5 Å². The number of hydrogen-bond donors (Lipinski definition) is 1. The van der Waals surface area contributed by atoms with Crippen LogP contribution in [0.4, 0.5) is 5.13 Å². The lowest BCUT2D eigenvalue weighted by Crippen LogP contribution is -2.14. The molecule has 0 atom stereocenters. The van der Waals surface area contributed by atoms with Crippen LogP contribution < -0.4 is 9.46 Å². The Hall–Kier alpha value is -2.13. The van der Waals surface area contributed by atoms with Crippen LogP contribution in [0.5, 0.6) is 5.75 Å². The van der Waals surface area contributed by atoms with Crippen molar-refractivity contribution in [2.24, 2.45) is 0 Å². The molecule has 1 N–H and O–H groups in total. The fourth-order valence-electron chi connectivity index (χ4n) is 1.96. The van der Waals surface area contributed by atoms with Crippen molar-refractivity contribution >= 4 is 32.5 Å². The summed E-state index contributed by atoms with van der Waals surface area (Å²) < 4.78 is 37.4. The highest BCUT2D eigenvalue weighted by Gasteiger charge is 2.21. The Morgan fingerprint density at radius 3 is 2.79 bits per heavy atom. The molecule has 7 nitrogen and oxygen atoms in total. The summed E-state index contributed by atoms with van der Waals surface area (Å²) in [6.45, 7) is 3.85. The number of ether oxygens (including phenoxy) is 2. The Morgan fingerprint density at radius 1 is 1.38 bits per heavy atom. The first kappa shape index (κ1) is 18.2. The van der Waals surface area contributed by atoms with Gasteiger partial charge in [-0.1, -0.05) is 6.07 Å². The fourth-order valence-corrected chi connectivity index (χ4v) is 4.08. The highest BCUT2D eigenvalue weighted by atomic mass is 32.2. The summed E-state index contributed by atoms with van der Waals surface area (Å²) in [6.07, 6.45) is -0.0000789. The summed E-state index contributed by atoms with van der Waals surface area (Å²) in [5, 5.41) is 1.79. The molecule has 130 valence electrons. The van der Waals surface area contributed by atoms with E-state index < -0.39 is 16.0 Å². The molecule has 0 saturated carbocycles. The number of nitrogens with zero attached hydrogens (tertiary/aromatic N) is 1. The predicted octanol–water partition coefficient (Wildman–Crippen LogP) is 2.37. The fraction of sp³-hybridized carbons (Fsp3) is 0.333. The Morgan fingerprint density at radius 2 is 2.12 bits per heavy atom. The molecule has 0 aliphatic rings. The van der Waals surface area contributed by atoms with Crippen LogP contribution in [0.3, 0.4) is 0 Å². The molecule has 0 amide bonds. The number of sulfonamides is 1. The molecule has 2 rings (SSSR count). The van der Waals surface area contributed by atoms with Crippen LogP contribution in [0.1, 0.15) is 18.2 Å². The second kappa shape index (κ2) is 7.63. The second-order valence-electron chi connectivity index (χ2n) is 4.89. The molecule has 1 heterocycles. The van der Waals surface area contributed by atoms with E-state index in [1.165, 1.54) is 13.2 Å². The number of nitrogens with one attached hydrogen (secondary N) is 1. The molecule has 0 fully saturated rings. The molecule has 0 bridgehead atoms. The number of methoxy groups -OCH3 is 1. The Balaban J connectivity index is 2.18. The van der Waals surface area contributed by atoms with E-state index in [1.807, 2.05) is 6.92 Å². The number of benzene rings is 1. The molecule has 0 radical (unpaired) electrons. The number of carbonyl (C=O) groups excluding carboxylic acids is 1. The third kappa shape index (κ3) is 4.45. The zero-order valence-corrected chi connectivity index (χ0v) is 15.2. The van der Waals surface area contributed by atoms with Crippen molar-refractivity contribution < 1.29 is 22.7 Å². The zero-order chi connectivity index (χ0) is 17.7. The average Bonchev–Trinajstić information content (AvgIpc) is 2.93. The van der Waals surface area contributed by atoms with Gasteiger partial charge >= 0.3 is 5.97 Å². The third-order valence-electron chi connectivity index (χ3n) is 3.01. The van der Waals surface area contributed by atoms with Crippen molar-refractivity contribution in [1.82, 2.24) is 4.98 Å². The normalized spacial score (nSPS) is 11.1. The van der Waals surface area contributed by atoms with E-state index in [4.69, 9.17) is 9.47 Å². The van der Waals surface area contributed by atoms with Crippen LogP contribution in [0, 0.1) is 6.92 Å². The van der Waals surface area contributed by atoms with Crippen LogP contribution in [-0.2, 0) is 26.0 Å². The molecule has 0 unspecified atom stereocenters. The smallest absolute Gasteiger partial charge is 0.311 e. The van der Waals surface area contributed by atoms with E-state index in [9.17, 15) is 13.2 Å². The number of rotatable bonds is 7. The number of aryl methyl sites for hydroxylation is 1. The van der Waals surface area contributed by atoms with Crippen molar-refractivity contribution in [1.29, 1.82) is 0 Å². The van der Waals surface area contributed by atoms with Gasteiger partial charge in [-0.25, -0.2) is 13.4 Å². The van der Waals surface area contributed by atoms with Gasteiger partial charge in [-0.05, 0) is 31.5 Å². The average molecular weight is 370 g/mol. The molecule has 0 aliphatic carbocycles. The lowest BCUT2D eigenvalue weighted by Gasteiger charge is -2.10. The Kier molecular flexibility index (Phi) is 5.79. The molecular formula is C15H18N2O5S2. The molecule has 1 aromatic carbocycles. The number of esters is 1. The number of hydrogen-bond acceptors (Lipinski definition) is 7. The van der Waals surface area contributed by atoms with E-state index in [2.05, 4.69) is 9.71 Å². The number of thiazole rings is 1. The standard InChI is InChI=1S/C15H18N2O5S2/c1-4-22-14(18)8-11-9-23-15(16-11)17-24(19,20)13-6-5-10(2)7-12(13)21-3/h5-7,9H,4,8H2,1-3H3,(H,16,17). The summed E-state index contributed by atoms with van der Waals surface area (Å²) >= 11 is 1.10. The van der Waals surface area contributed by atoms with Crippen molar-refractivity contribution in [3.63, 3.8) is 0 Å². The number of aromatic nitrogens is 1. The molecule has 0 saturated heterocycles. The minimum Gasteiger partial charge on any atom is -0.495 e. The van der Waals surface area contributed by atoms with Gasteiger partial charge in [0.2, 0.25) is 0 Å². The monoisotopic (exact) mass is 370 g/mol. The topological polar surface area (TPSA) is 94.6 Å². The molecule has 0 spiro atoms. The Labute approximate surface area is 144 Å². The van der Waals surface area contributed by atoms with Gasteiger partial charge in [0.05, 0.1) is 25.8 Å². The quantitative estimate of drug-likeness (QED) is 0.752. The van der Waals surface area contributed by atoms with Crippen molar-refractivity contribution in [2.45, 2.75) is 25.2 Å². The molecule has 0 aliphatic heterocycles. The summed E-state index contributed by atoms with van der Waals surface area (Å²) in [6, 6.07) is 4.80. The van der Waals surface area contributed by atoms with E-state index in [0.717, 1.165) is 16.9 Å². The van der Waals surface area contributed by atoms with Crippen LogP contribution in [0.2, 0.25) is 0 Å². The van der Waals surface area contributed by atoms with Gasteiger partial charge in [-0.2, -0.15) is 0 Å². The molecule has 1 aromatic heterocycles. The van der Waals surface area contributed by atoms with E-state index in [0.29, 0.717) is 5.69 Å². The van der Waals surface area contributed by atoms with Gasteiger partial charge in [-0.3, -0.25) is 9.52 Å². The maximum absolute atomic E-state index is 12.5. The Bertz CT molecular complexity index is 830. The van der Waals surface area contributed by atoms with Crippen molar-refractivity contribution in [3.8, 4) is 5.75 Å². The second-order valence-corrected chi connectivity index (χ2v) is 7.39. The molecule has 9 heteroatoms. The summed E-state index contributed by atoms with van der Waals surface area (Å²) in [5.74, 6) is -0.150.